The van der Waals surface area contributed by atoms with Crippen molar-refractivity contribution < 1.29 is 34.2 Å². The molecule has 0 saturated heterocycles. The van der Waals surface area contributed by atoms with Crippen LogP contribution in [0, 0.1) is 0 Å². The summed E-state index contributed by atoms with van der Waals surface area (Å²) in [6.07, 6.45) is 0. The molecular formula is C40H30N2O7. The number of hydrogen-bond acceptors (Lipinski definition) is 6. The zero-order valence-corrected chi connectivity index (χ0v) is 26.0. The van der Waals surface area contributed by atoms with Crippen LogP contribution in [0.3, 0.4) is 0 Å². The van der Waals surface area contributed by atoms with Gasteiger partial charge in [-0.1, -0.05) is 72.8 Å². The number of carbonyl (C=O) groups excluding carboxylic acids is 1. The van der Waals surface area contributed by atoms with Crippen LogP contribution in [0.25, 0.3) is 22.3 Å². The number of hydrogen-bond donors (Lipinski definition) is 4. The van der Waals surface area contributed by atoms with E-state index in [0.717, 1.165) is 22.3 Å². The quantitative estimate of drug-likeness (QED) is 0.0965. The van der Waals surface area contributed by atoms with Crippen LogP contribution in [0.4, 0.5) is 11.4 Å². The Balaban J connectivity index is 1.05. The van der Waals surface area contributed by atoms with Gasteiger partial charge < -0.3 is 20.3 Å². The molecule has 0 saturated carbocycles. The van der Waals surface area contributed by atoms with Gasteiger partial charge in [-0.3, -0.25) is 15.1 Å². The van der Waals surface area contributed by atoms with Crippen LogP contribution in [-0.2, 0) is 11.4 Å². The lowest BCUT2D eigenvalue weighted by Gasteiger charge is -2.12. The van der Waals surface area contributed by atoms with Crippen molar-refractivity contribution >= 4 is 29.2 Å². The Labute approximate surface area is 282 Å². The van der Waals surface area contributed by atoms with E-state index < -0.39 is 17.8 Å². The summed E-state index contributed by atoms with van der Waals surface area (Å²) in [5.41, 5.74) is 8.07. The van der Waals surface area contributed by atoms with Gasteiger partial charge in [0, 0.05) is 5.69 Å². The number of amides is 1. The minimum absolute atomic E-state index is 0.0273. The minimum atomic E-state index is -1.19. The Morgan fingerprint density at radius 3 is 1.57 bits per heavy atom. The van der Waals surface area contributed by atoms with E-state index in [1.807, 2.05) is 66.7 Å². The van der Waals surface area contributed by atoms with Crippen molar-refractivity contribution in [3.05, 3.63) is 168 Å². The minimum Gasteiger partial charge on any atom is -0.478 e. The maximum Gasteiger partial charge on any atom is 0.336 e. The lowest BCUT2D eigenvalue weighted by molar-refractivity contribution is 0.0682. The zero-order chi connectivity index (χ0) is 34.2. The van der Waals surface area contributed by atoms with E-state index in [1.165, 1.54) is 6.07 Å². The average Bonchev–Trinajstić information content (AvgIpc) is 3.13. The molecule has 49 heavy (non-hydrogen) atoms. The van der Waals surface area contributed by atoms with Crippen molar-refractivity contribution in [3.8, 4) is 33.8 Å². The molecule has 9 nitrogen and oxygen atoms in total. The van der Waals surface area contributed by atoms with Gasteiger partial charge in [0.2, 0.25) is 0 Å². The fourth-order valence-electron chi connectivity index (χ4n) is 5.19. The molecule has 0 unspecified atom stereocenters. The predicted molar refractivity (Wildman–Crippen MR) is 187 cm³/mol. The normalized spacial score (nSPS) is 10.6. The first kappa shape index (κ1) is 32.2. The van der Waals surface area contributed by atoms with E-state index in [4.69, 9.17) is 9.57 Å². The fraction of sp³-hybridized carbons (Fsp3) is 0.0250. The lowest BCUT2D eigenvalue weighted by Crippen LogP contribution is -2.16. The number of rotatable bonds is 12. The van der Waals surface area contributed by atoms with E-state index in [1.54, 1.807) is 72.8 Å². The van der Waals surface area contributed by atoms with Crippen LogP contribution in [-0.4, -0.2) is 28.1 Å². The van der Waals surface area contributed by atoms with Gasteiger partial charge in [0.25, 0.3) is 5.91 Å². The Morgan fingerprint density at radius 1 is 0.510 bits per heavy atom. The predicted octanol–water partition coefficient (Wildman–Crippen LogP) is 9.01. The monoisotopic (exact) mass is 650 g/mol. The smallest absolute Gasteiger partial charge is 0.336 e. The molecule has 6 rings (SSSR count). The van der Waals surface area contributed by atoms with Crippen molar-refractivity contribution in [1.29, 1.82) is 0 Å². The fourth-order valence-corrected chi connectivity index (χ4v) is 5.19. The van der Waals surface area contributed by atoms with Gasteiger partial charge in [0.15, 0.2) is 0 Å². The number of benzene rings is 6. The van der Waals surface area contributed by atoms with E-state index in [2.05, 4.69) is 10.8 Å². The van der Waals surface area contributed by atoms with Crippen molar-refractivity contribution in [2.24, 2.45) is 0 Å². The number of carboxylic acid groups (broad SMARTS) is 2. The van der Waals surface area contributed by atoms with Crippen molar-refractivity contribution in [2.45, 2.75) is 6.61 Å². The molecule has 0 aliphatic rings. The highest BCUT2D eigenvalue weighted by atomic mass is 16.6. The van der Waals surface area contributed by atoms with Crippen LogP contribution >= 0.6 is 0 Å². The van der Waals surface area contributed by atoms with Crippen LogP contribution in [0.2, 0.25) is 0 Å². The van der Waals surface area contributed by atoms with Crippen LogP contribution in [0.15, 0.2) is 146 Å². The van der Waals surface area contributed by atoms with E-state index >= 15 is 0 Å². The molecule has 0 aromatic heterocycles. The summed E-state index contributed by atoms with van der Waals surface area (Å²) in [7, 11) is 0. The average molecular weight is 651 g/mol. The van der Waals surface area contributed by atoms with Gasteiger partial charge in [0.1, 0.15) is 18.1 Å². The third-order valence-electron chi connectivity index (χ3n) is 7.66. The van der Waals surface area contributed by atoms with Crippen LogP contribution < -0.4 is 15.5 Å². The molecule has 0 aliphatic carbocycles. The third-order valence-corrected chi connectivity index (χ3v) is 7.66. The molecule has 6 aromatic rings. The van der Waals surface area contributed by atoms with Gasteiger partial charge in [-0.05, 0) is 101 Å². The summed E-state index contributed by atoms with van der Waals surface area (Å²) in [6, 6.07) is 42.7. The molecule has 4 N–H and O–H groups in total. The van der Waals surface area contributed by atoms with Gasteiger partial charge in [0.05, 0.1) is 22.4 Å². The zero-order valence-electron chi connectivity index (χ0n) is 26.0. The second kappa shape index (κ2) is 14.8. The van der Waals surface area contributed by atoms with Crippen LogP contribution in [0.5, 0.6) is 11.5 Å². The highest BCUT2D eigenvalue weighted by Crippen LogP contribution is 2.27. The van der Waals surface area contributed by atoms with E-state index in [9.17, 15) is 24.6 Å². The molecule has 9 heteroatoms. The molecular weight excluding hydrogens is 620 g/mol. The summed E-state index contributed by atoms with van der Waals surface area (Å²) in [5, 5.41) is 22.1. The number of ether oxygens (including phenoxy) is 1. The lowest BCUT2D eigenvalue weighted by atomic mass is 9.98. The summed E-state index contributed by atoms with van der Waals surface area (Å²) in [4.78, 5) is 42.4. The first-order chi connectivity index (χ1) is 23.8. The molecule has 242 valence electrons. The van der Waals surface area contributed by atoms with Crippen LogP contribution in [0.1, 0.15) is 36.6 Å². The maximum absolute atomic E-state index is 13.2. The molecule has 0 aliphatic heterocycles. The molecule has 0 atom stereocenters. The van der Waals surface area contributed by atoms with Gasteiger partial charge in [-0.25, -0.2) is 9.59 Å². The van der Waals surface area contributed by atoms with Crippen molar-refractivity contribution in [3.63, 3.8) is 0 Å². The molecule has 0 spiro atoms. The third kappa shape index (κ3) is 7.99. The standard InChI is InChI=1S/C40H30N2O7/c43-38(37-24-29(12-22-36(37)40(46)47)27-9-5-2-6-10-27)41-31-13-17-33(18-14-31)49-34-19-15-32(16-20-34)42-48-25-30-23-28(11-21-35(30)39(44)45)26-7-3-1-4-8-26/h1-24,42H,25H2,(H,41,43)(H,44,45)(H,46,47). The van der Waals surface area contributed by atoms with Crippen molar-refractivity contribution in [1.82, 2.24) is 0 Å². The first-order valence-electron chi connectivity index (χ1n) is 15.3. The van der Waals surface area contributed by atoms with E-state index in [0.29, 0.717) is 28.4 Å². The first-order valence-corrected chi connectivity index (χ1v) is 15.3. The number of nitrogens with one attached hydrogen (secondary N) is 2. The summed E-state index contributed by atoms with van der Waals surface area (Å²) < 4.78 is 5.94. The van der Waals surface area contributed by atoms with Gasteiger partial charge in [-0.15, -0.1) is 0 Å². The maximum atomic E-state index is 13.2. The topological polar surface area (TPSA) is 134 Å². The number of carboxylic acids is 2. The number of anilines is 2. The number of aromatic carboxylic acids is 2. The summed E-state index contributed by atoms with van der Waals surface area (Å²) >= 11 is 0. The molecule has 0 fully saturated rings. The summed E-state index contributed by atoms with van der Waals surface area (Å²) in [6.45, 7) is 0.0273. The second-order valence-electron chi connectivity index (χ2n) is 11.0. The Morgan fingerprint density at radius 2 is 1.02 bits per heavy atom. The van der Waals surface area contributed by atoms with Gasteiger partial charge >= 0.3 is 11.9 Å². The van der Waals surface area contributed by atoms with E-state index in [-0.39, 0.29) is 23.3 Å². The van der Waals surface area contributed by atoms with Gasteiger partial charge in [-0.2, -0.15) is 0 Å². The molecule has 1 amide bonds. The molecule has 0 radical (unpaired) electrons. The molecule has 6 aromatic carbocycles. The highest BCUT2D eigenvalue weighted by molar-refractivity contribution is 6.11. The summed E-state index contributed by atoms with van der Waals surface area (Å²) in [5.74, 6) is -1.70. The molecule has 0 heterocycles. The Hall–Kier alpha value is -6.71. The molecule has 0 bridgehead atoms. The number of carbonyl (C=O) groups is 3. The Kier molecular flexibility index (Phi) is 9.74. The highest BCUT2D eigenvalue weighted by Gasteiger charge is 2.18. The van der Waals surface area contributed by atoms with Crippen molar-refractivity contribution in [2.75, 3.05) is 10.8 Å². The largest absolute Gasteiger partial charge is 0.478 e. The SMILES string of the molecule is O=C(O)c1ccc(-c2ccccc2)cc1CONc1ccc(Oc2ccc(NC(=O)c3cc(-c4ccccc4)ccc3C(=O)O)cc2)cc1. The Bertz CT molecular complexity index is 2100. The second-order valence-corrected chi connectivity index (χ2v) is 11.0.